The number of hydrogen-bond donors (Lipinski definition) is 0. The third-order valence-corrected chi connectivity index (χ3v) is 2.37. The molecule has 1 aromatic carbocycles. The monoisotopic (exact) mass is 249 g/mol. The smallest absolute Gasteiger partial charge is 0.259 e. The van der Waals surface area contributed by atoms with E-state index < -0.39 is 16.7 Å². The summed E-state index contributed by atoms with van der Waals surface area (Å²) in [5.41, 5.74) is -0.741. The summed E-state index contributed by atoms with van der Waals surface area (Å²) in [7, 11) is 0. The number of hydrogen-bond acceptors (Lipinski definition) is 3. The Hall–Kier alpha value is -1.50. The van der Waals surface area contributed by atoms with Gasteiger partial charge in [0.15, 0.2) is 0 Å². The molecule has 3 nitrogen and oxygen atoms in total. The van der Waals surface area contributed by atoms with Crippen molar-refractivity contribution in [1.29, 1.82) is 0 Å². The van der Waals surface area contributed by atoms with Gasteiger partial charge in [0.05, 0.1) is 10.5 Å². The van der Waals surface area contributed by atoms with Crippen molar-refractivity contribution in [3.05, 3.63) is 51.6 Å². The standard InChI is InChI=1S/C9H6F3NO2S/c10-9(11,12)7-1-3-8(4-2-7)16-6-5-13(14)15/h1-6H. The Bertz CT molecular complexity index is 400. The average molecular weight is 249 g/mol. The minimum Gasteiger partial charge on any atom is -0.259 e. The Morgan fingerprint density at radius 2 is 1.81 bits per heavy atom. The molecule has 0 heterocycles. The van der Waals surface area contributed by atoms with Crippen LogP contribution in [0.1, 0.15) is 5.56 Å². The van der Waals surface area contributed by atoms with Crippen LogP contribution >= 0.6 is 11.8 Å². The molecular formula is C9H6F3NO2S. The van der Waals surface area contributed by atoms with Gasteiger partial charge in [0.2, 0.25) is 6.20 Å². The number of benzene rings is 1. The number of rotatable bonds is 3. The van der Waals surface area contributed by atoms with E-state index in [-0.39, 0.29) is 0 Å². The molecule has 0 aliphatic carbocycles. The van der Waals surface area contributed by atoms with E-state index in [0.717, 1.165) is 30.1 Å². The van der Waals surface area contributed by atoms with Crippen LogP contribution in [0.3, 0.4) is 0 Å². The summed E-state index contributed by atoms with van der Waals surface area (Å²) in [6.07, 6.45) is -3.64. The van der Waals surface area contributed by atoms with Gasteiger partial charge in [-0.3, -0.25) is 10.1 Å². The molecule has 1 aromatic rings. The largest absolute Gasteiger partial charge is 0.416 e. The molecule has 0 N–H and O–H groups in total. The predicted molar refractivity (Wildman–Crippen MR) is 53.4 cm³/mol. The lowest BCUT2D eigenvalue weighted by Crippen LogP contribution is -2.03. The predicted octanol–water partition coefficient (Wildman–Crippen LogP) is 3.55. The third-order valence-electron chi connectivity index (χ3n) is 1.57. The molecule has 7 heteroatoms. The van der Waals surface area contributed by atoms with Crippen LogP contribution in [0.25, 0.3) is 0 Å². The number of halogens is 3. The normalized spacial score (nSPS) is 11.9. The van der Waals surface area contributed by atoms with Crippen LogP contribution < -0.4 is 0 Å². The second-order valence-corrected chi connectivity index (χ2v) is 3.69. The summed E-state index contributed by atoms with van der Waals surface area (Å²) in [4.78, 5) is 9.80. The minimum absolute atomic E-state index is 0.506. The van der Waals surface area contributed by atoms with Crippen molar-refractivity contribution in [2.45, 2.75) is 11.1 Å². The molecule has 0 radical (unpaired) electrons. The molecule has 0 saturated carbocycles. The van der Waals surface area contributed by atoms with Crippen LogP contribution in [0.15, 0.2) is 40.8 Å². The van der Waals surface area contributed by atoms with E-state index in [4.69, 9.17) is 0 Å². The molecule has 86 valence electrons. The fourth-order valence-corrected chi connectivity index (χ4v) is 1.49. The van der Waals surface area contributed by atoms with E-state index in [2.05, 4.69) is 0 Å². The van der Waals surface area contributed by atoms with Gasteiger partial charge in [-0.05, 0) is 24.3 Å². The highest BCUT2D eigenvalue weighted by Crippen LogP contribution is 2.30. The van der Waals surface area contributed by atoms with Gasteiger partial charge in [0.25, 0.3) is 0 Å². The number of nitrogens with zero attached hydrogens (tertiary/aromatic N) is 1. The summed E-state index contributed by atoms with van der Waals surface area (Å²) >= 11 is 0.979. The summed E-state index contributed by atoms with van der Waals surface area (Å²) < 4.78 is 36.5. The van der Waals surface area contributed by atoms with Crippen molar-refractivity contribution >= 4 is 11.8 Å². The molecule has 0 atom stereocenters. The Morgan fingerprint density at radius 3 is 2.25 bits per heavy atom. The van der Waals surface area contributed by atoms with Gasteiger partial charge >= 0.3 is 6.18 Å². The number of alkyl halides is 3. The minimum atomic E-state index is -4.36. The second-order valence-electron chi connectivity index (χ2n) is 2.71. The molecule has 1 rings (SSSR count). The lowest BCUT2D eigenvalue weighted by molar-refractivity contribution is -0.402. The van der Waals surface area contributed by atoms with E-state index in [1.807, 2.05) is 0 Å². The van der Waals surface area contributed by atoms with Crippen LogP contribution in [0.4, 0.5) is 13.2 Å². The first kappa shape index (κ1) is 12.6. The van der Waals surface area contributed by atoms with Crippen molar-refractivity contribution in [3.8, 4) is 0 Å². The molecular weight excluding hydrogens is 243 g/mol. The molecule has 0 spiro atoms. The van der Waals surface area contributed by atoms with Gasteiger partial charge < -0.3 is 0 Å². The summed E-state index contributed by atoms with van der Waals surface area (Å²) in [5.74, 6) is 0. The van der Waals surface area contributed by atoms with Gasteiger partial charge in [-0.1, -0.05) is 11.8 Å². The molecule has 0 aromatic heterocycles. The average Bonchev–Trinajstić information content (AvgIpc) is 2.16. The van der Waals surface area contributed by atoms with Crippen LogP contribution in [-0.4, -0.2) is 4.92 Å². The van der Waals surface area contributed by atoms with Crippen molar-refractivity contribution in [2.75, 3.05) is 0 Å². The van der Waals surface area contributed by atoms with Crippen molar-refractivity contribution in [1.82, 2.24) is 0 Å². The van der Waals surface area contributed by atoms with Crippen LogP contribution in [-0.2, 0) is 6.18 Å². The fourth-order valence-electron chi connectivity index (χ4n) is 0.881. The van der Waals surface area contributed by atoms with E-state index in [0.29, 0.717) is 4.90 Å². The Balaban J connectivity index is 2.69. The third kappa shape index (κ3) is 3.93. The maximum Gasteiger partial charge on any atom is 0.416 e. The Morgan fingerprint density at radius 1 is 1.25 bits per heavy atom. The molecule has 0 aliphatic heterocycles. The van der Waals surface area contributed by atoms with Gasteiger partial charge in [0, 0.05) is 10.3 Å². The molecule has 0 saturated heterocycles. The molecule has 0 bridgehead atoms. The summed E-state index contributed by atoms with van der Waals surface area (Å²) in [5, 5.41) is 11.1. The van der Waals surface area contributed by atoms with Crippen LogP contribution in [0, 0.1) is 10.1 Å². The van der Waals surface area contributed by atoms with Crippen molar-refractivity contribution in [2.24, 2.45) is 0 Å². The molecule has 0 amide bonds. The number of nitro groups is 1. The highest BCUT2D eigenvalue weighted by molar-refractivity contribution is 8.02. The van der Waals surface area contributed by atoms with Crippen LogP contribution in [0.2, 0.25) is 0 Å². The first-order valence-electron chi connectivity index (χ1n) is 4.03. The lowest BCUT2D eigenvalue weighted by atomic mass is 10.2. The summed E-state index contributed by atoms with van der Waals surface area (Å²) in [6, 6.07) is 4.39. The zero-order chi connectivity index (χ0) is 12.2. The van der Waals surface area contributed by atoms with Gasteiger partial charge in [-0.15, -0.1) is 0 Å². The topological polar surface area (TPSA) is 43.1 Å². The Labute approximate surface area is 93.1 Å². The summed E-state index contributed by atoms with van der Waals surface area (Å²) in [6.45, 7) is 0. The van der Waals surface area contributed by atoms with Crippen LogP contribution in [0.5, 0.6) is 0 Å². The Kier molecular flexibility index (Phi) is 3.94. The molecule has 0 unspecified atom stereocenters. The number of thioether (sulfide) groups is 1. The zero-order valence-corrected chi connectivity index (χ0v) is 8.59. The highest BCUT2D eigenvalue weighted by atomic mass is 32.2. The molecule has 0 aliphatic rings. The van der Waals surface area contributed by atoms with Crippen molar-refractivity contribution in [3.63, 3.8) is 0 Å². The molecule has 0 fully saturated rings. The first-order valence-corrected chi connectivity index (χ1v) is 4.91. The highest BCUT2D eigenvalue weighted by Gasteiger charge is 2.29. The first-order chi connectivity index (χ1) is 7.39. The zero-order valence-electron chi connectivity index (χ0n) is 7.77. The van der Waals surface area contributed by atoms with E-state index in [9.17, 15) is 23.3 Å². The van der Waals surface area contributed by atoms with E-state index >= 15 is 0 Å². The quantitative estimate of drug-likeness (QED) is 0.467. The second kappa shape index (κ2) is 5.02. The van der Waals surface area contributed by atoms with Gasteiger partial charge in [0.1, 0.15) is 0 Å². The van der Waals surface area contributed by atoms with E-state index in [1.165, 1.54) is 17.5 Å². The van der Waals surface area contributed by atoms with E-state index in [1.54, 1.807) is 0 Å². The lowest BCUT2D eigenvalue weighted by Gasteiger charge is -2.05. The fraction of sp³-hybridized carbons (Fsp3) is 0.111. The maximum absolute atomic E-state index is 12.2. The molecule has 16 heavy (non-hydrogen) atoms. The maximum atomic E-state index is 12.2. The van der Waals surface area contributed by atoms with Gasteiger partial charge in [-0.2, -0.15) is 13.2 Å². The SMILES string of the molecule is O=[N+]([O-])C=CSc1ccc(C(F)(F)F)cc1. The van der Waals surface area contributed by atoms with Crippen molar-refractivity contribution < 1.29 is 18.1 Å². The van der Waals surface area contributed by atoms with Gasteiger partial charge in [-0.25, -0.2) is 0 Å².